The van der Waals surface area contributed by atoms with E-state index < -0.39 is 40.9 Å². The van der Waals surface area contributed by atoms with Crippen LogP contribution >= 0.6 is 11.6 Å². The summed E-state index contributed by atoms with van der Waals surface area (Å²) in [5.41, 5.74) is 3.35. The lowest BCUT2D eigenvalue weighted by molar-refractivity contribution is -0.139. The first kappa shape index (κ1) is 18.6. The summed E-state index contributed by atoms with van der Waals surface area (Å²) in [4.78, 5) is 14.3. The zero-order valence-electron chi connectivity index (χ0n) is 12.3. The highest BCUT2D eigenvalue weighted by atomic mass is 35.5. The van der Waals surface area contributed by atoms with Crippen molar-refractivity contribution in [1.29, 1.82) is 0 Å². The van der Waals surface area contributed by atoms with Gasteiger partial charge in [-0.25, -0.2) is 14.2 Å². The van der Waals surface area contributed by atoms with Gasteiger partial charge in [-0.1, -0.05) is 11.6 Å². The van der Waals surface area contributed by atoms with Crippen molar-refractivity contribution in [3.8, 4) is 22.9 Å². The second-order valence-corrected chi connectivity index (χ2v) is 4.97. The Labute approximate surface area is 142 Å². The average molecular weight is 381 g/mol. The van der Waals surface area contributed by atoms with Crippen molar-refractivity contribution in [2.45, 2.75) is 6.18 Å². The fourth-order valence-electron chi connectivity index (χ4n) is 1.99. The Morgan fingerprint density at radius 3 is 2.52 bits per heavy atom. The number of carboxylic acid groups (broad SMARTS) is 1. The molecular weight excluding hydrogens is 372 g/mol. The molecule has 134 valence electrons. The number of methoxy groups -OCH3 is 1. The van der Waals surface area contributed by atoms with Crippen LogP contribution < -0.4 is 15.2 Å². The van der Waals surface area contributed by atoms with Crippen LogP contribution in [-0.2, 0) is 6.18 Å². The minimum atomic E-state index is -4.84. The molecule has 3 N–H and O–H groups in total. The van der Waals surface area contributed by atoms with Crippen molar-refractivity contribution >= 4 is 23.4 Å². The first-order valence-electron chi connectivity index (χ1n) is 6.37. The van der Waals surface area contributed by atoms with E-state index in [2.05, 4.69) is 14.5 Å². The van der Waals surface area contributed by atoms with Crippen molar-refractivity contribution in [3.05, 3.63) is 34.6 Å². The summed E-state index contributed by atoms with van der Waals surface area (Å²) in [6, 6.07) is 2.46. The molecule has 0 saturated heterocycles. The number of rotatable bonds is 3. The number of aromatic nitrogens is 1. The first-order chi connectivity index (χ1) is 11.6. The second kappa shape index (κ2) is 6.63. The van der Waals surface area contributed by atoms with Crippen LogP contribution in [0.4, 0.5) is 28.0 Å². The van der Waals surface area contributed by atoms with Gasteiger partial charge in [0.2, 0.25) is 5.88 Å². The Hall–Kier alpha value is -2.75. The summed E-state index contributed by atoms with van der Waals surface area (Å²) in [6.07, 6.45) is -6.59. The lowest BCUT2D eigenvalue weighted by Gasteiger charge is -2.15. The first-order valence-corrected chi connectivity index (χ1v) is 6.75. The van der Waals surface area contributed by atoms with Gasteiger partial charge in [0.1, 0.15) is 10.6 Å². The van der Waals surface area contributed by atoms with Gasteiger partial charge in [-0.05, 0) is 18.2 Å². The molecule has 0 bridgehead atoms. The van der Waals surface area contributed by atoms with Crippen LogP contribution in [0.15, 0.2) is 18.2 Å². The van der Waals surface area contributed by atoms with Gasteiger partial charge in [0.25, 0.3) is 0 Å². The normalized spacial score (nSPS) is 11.3. The summed E-state index contributed by atoms with van der Waals surface area (Å²) in [5, 5.41) is 8.28. The quantitative estimate of drug-likeness (QED) is 0.612. The fraction of sp³-hybridized carbons (Fsp3) is 0.143. The van der Waals surface area contributed by atoms with Crippen LogP contribution in [0, 0.1) is 5.82 Å². The van der Waals surface area contributed by atoms with E-state index in [-0.39, 0.29) is 16.4 Å². The van der Waals surface area contributed by atoms with Gasteiger partial charge in [-0.3, -0.25) is 0 Å². The number of hydrogen-bond acceptors (Lipinski definition) is 5. The van der Waals surface area contributed by atoms with E-state index in [1.165, 1.54) is 0 Å². The van der Waals surface area contributed by atoms with E-state index in [9.17, 15) is 22.4 Å². The van der Waals surface area contributed by atoms with E-state index in [0.29, 0.717) is 6.07 Å². The van der Waals surface area contributed by atoms with Crippen molar-refractivity contribution in [3.63, 3.8) is 0 Å². The molecule has 0 saturated carbocycles. The number of hydrogen-bond donors (Lipinski definition) is 2. The summed E-state index contributed by atoms with van der Waals surface area (Å²) in [5.74, 6) is -3.03. The molecule has 0 fully saturated rings. The summed E-state index contributed by atoms with van der Waals surface area (Å²) < 4.78 is 62.0. The number of benzene rings is 1. The van der Waals surface area contributed by atoms with Crippen LogP contribution in [-0.4, -0.2) is 23.4 Å². The lowest BCUT2D eigenvalue weighted by atomic mass is 10.1. The van der Waals surface area contributed by atoms with Gasteiger partial charge in [-0.2, -0.15) is 13.2 Å². The molecule has 0 spiro atoms. The molecule has 1 heterocycles. The lowest BCUT2D eigenvalue weighted by Crippen LogP contribution is -2.10. The predicted octanol–water partition coefficient (Wildman–Crippen LogP) is 4.21. The van der Waals surface area contributed by atoms with Gasteiger partial charge in [0.05, 0.1) is 18.5 Å². The molecule has 0 atom stereocenters. The monoisotopic (exact) mass is 380 g/mol. The number of pyridine rings is 1. The third kappa shape index (κ3) is 3.68. The molecule has 2 aromatic rings. The Morgan fingerprint density at radius 1 is 1.36 bits per heavy atom. The van der Waals surface area contributed by atoms with Crippen LogP contribution in [0.25, 0.3) is 11.3 Å². The molecule has 0 amide bonds. The summed E-state index contributed by atoms with van der Waals surface area (Å²) >= 11 is 5.74. The van der Waals surface area contributed by atoms with Crippen LogP contribution in [0.1, 0.15) is 5.56 Å². The Bertz CT molecular complexity index is 843. The molecule has 0 aliphatic heterocycles. The van der Waals surface area contributed by atoms with Crippen molar-refractivity contribution < 1.29 is 36.9 Å². The van der Waals surface area contributed by atoms with Gasteiger partial charge in [0, 0.05) is 5.56 Å². The highest BCUT2D eigenvalue weighted by Gasteiger charge is 2.36. The second-order valence-electron chi connectivity index (χ2n) is 4.59. The average Bonchev–Trinajstić information content (AvgIpc) is 2.49. The molecular formula is C14H9ClF4N2O4. The fourth-order valence-corrected chi connectivity index (χ4v) is 2.13. The smallest absolute Gasteiger partial charge is 0.493 e. The number of ether oxygens (including phenoxy) is 2. The summed E-state index contributed by atoms with van der Waals surface area (Å²) in [6.45, 7) is 0. The molecule has 6 nitrogen and oxygen atoms in total. The number of nitrogen functional groups attached to an aromatic ring is 1. The maximum Gasteiger partial charge on any atom is 0.512 e. The highest BCUT2D eigenvalue weighted by molar-refractivity contribution is 6.34. The molecule has 1 aromatic heterocycles. The van der Waals surface area contributed by atoms with Crippen LogP contribution in [0.3, 0.4) is 0 Å². The standard InChI is InChI=1S/C14H9ClF4N2O4/c1-24-11-6(14(17,18)19)3-2-5(10(11)16)8-4-7(20)9(15)12(21-8)25-13(22)23/h2-4H,1H3,(H2,20,21)(H,22,23). The van der Waals surface area contributed by atoms with Crippen LogP contribution in [0.2, 0.25) is 5.02 Å². The third-order valence-corrected chi connectivity index (χ3v) is 3.40. The largest absolute Gasteiger partial charge is 0.512 e. The molecule has 0 unspecified atom stereocenters. The molecule has 0 aliphatic carbocycles. The number of halogens is 5. The van der Waals surface area contributed by atoms with E-state index in [4.69, 9.17) is 22.4 Å². The molecule has 0 aliphatic rings. The molecule has 11 heteroatoms. The zero-order valence-corrected chi connectivity index (χ0v) is 13.1. The molecule has 2 rings (SSSR count). The molecule has 25 heavy (non-hydrogen) atoms. The highest BCUT2D eigenvalue weighted by Crippen LogP contribution is 2.42. The number of carbonyl (C=O) groups is 1. The Balaban J connectivity index is 2.67. The number of alkyl halides is 3. The Morgan fingerprint density at radius 2 is 2.00 bits per heavy atom. The van der Waals surface area contributed by atoms with E-state index in [0.717, 1.165) is 19.2 Å². The van der Waals surface area contributed by atoms with Crippen molar-refractivity contribution in [1.82, 2.24) is 4.98 Å². The van der Waals surface area contributed by atoms with Gasteiger partial charge in [-0.15, -0.1) is 0 Å². The van der Waals surface area contributed by atoms with E-state index in [1.54, 1.807) is 0 Å². The van der Waals surface area contributed by atoms with Crippen molar-refractivity contribution in [2.75, 3.05) is 12.8 Å². The predicted molar refractivity (Wildman–Crippen MR) is 79.3 cm³/mol. The maximum atomic E-state index is 14.5. The molecule has 0 radical (unpaired) electrons. The van der Waals surface area contributed by atoms with Gasteiger partial charge < -0.3 is 20.3 Å². The third-order valence-electron chi connectivity index (χ3n) is 3.02. The maximum absolute atomic E-state index is 14.5. The van der Waals surface area contributed by atoms with Gasteiger partial charge in [0.15, 0.2) is 11.6 Å². The van der Waals surface area contributed by atoms with E-state index in [1.807, 2.05) is 0 Å². The number of nitrogens with two attached hydrogens (primary N) is 1. The Kier molecular flexibility index (Phi) is 4.93. The van der Waals surface area contributed by atoms with Crippen LogP contribution in [0.5, 0.6) is 11.6 Å². The SMILES string of the molecule is COc1c(C(F)(F)F)ccc(-c2cc(N)c(Cl)c(OC(=O)O)n2)c1F. The number of anilines is 1. The number of nitrogens with zero attached hydrogens (tertiary/aromatic N) is 1. The summed E-state index contributed by atoms with van der Waals surface area (Å²) in [7, 11) is 0.875. The minimum Gasteiger partial charge on any atom is -0.493 e. The zero-order chi connectivity index (χ0) is 18.9. The molecule has 1 aromatic carbocycles. The van der Waals surface area contributed by atoms with E-state index >= 15 is 0 Å². The van der Waals surface area contributed by atoms with Gasteiger partial charge >= 0.3 is 12.3 Å². The topological polar surface area (TPSA) is 94.7 Å². The minimum absolute atomic E-state index is 0.207. The van der Waals surface area contributed by atoms with Crippen molar-refractivity contribution in [2.24, 2.45) is 0 Å².